The normalized spacial score (nSPS) is 30.6. The highest BCUT2D eigenvalue weighted by Gasteiger charge is 2.35. The maximum Gasteiger partial charge on any atom is 0.122 e. The molecule has 0 saturated carbocycles. The topological polar surface area (TPSA) is 54.2 Å². The first-order valence-electron chi connectivity index (χ1n) is 6.07. The highest BCUT2D eigenvalue weighted by molar-refractivity contribution is 5.06. The third kappa shape index (κ3) is 1.74. The number of fused-ring (bicyclic) bond motifs is 1. The number of aryl methyl sites for hydroxylation is 1. The molecule has 16 heavy (non-hydrogen) atoms. The molecule has 3 heterocycles. The molecule has 5 heteroatoms. The standard InChI is InChI=1S/C11H18N4O/c1-8-10(14-16-13-8)7-15-4-2-3-9-5-12-6-11(9)15/h9,11-12H,2-7H2,1H3. The second kappa shape index (κ2) is 4.14. The summed E-state index contributed by atoms with van der Waals surface area (Å²) in [6, 6.07) is 0.685. The van der Waals surface area contributed by atoms with Crippen molar-refractivity contribution in [1.29, 1.82) is 0 Å². The molecule has 0 amide bonds. The summed E-state index contributed by atoms with van der Waals surface area (Å²) in [4.78, 5) is 2.53. The van der Waals surface area contributed by atoms with Crippen molar-refractivity contribution in [2.24, 2.45) is 5.92 Å². The Bertz CT molecular complexity index is 365. The van der Waals surface area contributed by atoms with Crippen LogP contribution in [-0.4, -0.2) is 40.9 Å². The van der Waals surface area contributed by atoms with E-state index < -0.39 is 0 Å². The number of nitrogens with one attached hydrogen (secondary N) is 1. The summed E-state index contributed by atoms with van der Waals surface area (Å²) >= 11 is 0. The SMILES string of the molecule is Cc1nonc1CN1CCCC2CNCC21. The van der Waals surface area contributed by atoms with Gasteiger partial charge < -0.3 is 5.32 Å². The van der Waals surface area contributed by atoms with Crippen LogP contribution in [0.15, 0.2) is 4.63 Å². The molecule has 2 fully saturated rings. The maximum atomic E-state index is 4.76. The number of aromatic nitrogens is 2. The van der Waals surface area contributed by atoms with E-state index in [1.165, 1.54) is 25.9 Å². The van der Waals surface area contributed by atoms with E-state index in [9.17, 15) is 0 Å². The van der Waals surface area contributed by atoms with E-state index in [0.717, 1.165) is 30.4 Å². The highest BCUT2D eigenvalue weighted by Crippen LogP contribution is 2.27. The van der Waals surface area contributed by atoms with Gasteiger partial charge in [0.2, 0.25) is 0 Å². The Kier molecular flexibility index (Phi) is 2.65. The van der Waals surface area contributed by atoms with Gasteiger partial charge in [0, 0.05) is 19.1 Å². The molecule has 3 rings (SSSR count). The van der Waals surface area contributed by atoms with Crippen molar-refractivity contribution < 1.29 is 4.63 Å². The number of likely N-dealkylation sites (tertiary alicyclic amines) is 1. The smallest absolute Gasteiger partial charge is 0.122 e. The van der Waals surface area contributed by atoms with Crippen molar-refractivity contribution in [1.82, 2.24) is 20.5 Å². The van der Waals surface area contributed by atoms with Crippen LogP contribution in [0, 0.1) is 12.8 Å². The summed E-state index contributed by atoms with van der Waals surface area (Å²) in [5.74, 6) is 0.828. The minimum Gasteiger partial charge on any atom is -0.315 e. The molecule has 2 saturated heterocycles. The number of rotatable bonds is 2. The molecule has 2 aliphatic rings. The third-order valence-electron chi connectivity index (χ3n) is 3.89. The summed E-state index contributed by atoms with van der Waals surface area (Å²) < 4.78 is 4.76. The van der Waals surface area contributed by atoms with Crippen molar-refractivity contribution in [3.63, 3.8) is 0 Å². The maximum absolute atomic E-state index is 4.76. The van der Waals surface area contributed by atoms with Gasteiger partial charge in [0.05, 0.1) is 0 Å². The molecule has 1 aromatic heterocycles. The first-order valence-corrected chi connectivity index (χ1v) is 6.07. The zero-order valence-electron chi connectivity index (χ0n) is 9.65. The summed E-state index contributed by atoms with van der Waals surface area (Å²) in [5, 5.41) is 11.3. The molecule has 0 radical (unpaired) electrons. The molecular weight excluding hydrogens is 204 g/mol. The summed E-state index contributed by atoms with van der Waals surface area (Å²) in [7, 11) is 0. The zero-order valence-corrected chi connectivity index (χ0v) is 9.65. The minimum absolute atomic E-state index is 0.685. The van der Waals surface area contributed by atoms with Gasteiger partial charge in [-0.15, -0.1) is 0 Å². The monoisotopic (exact) mass is 222 g/mol. The lowest BCUT2D eigenvalue weighted by molar-refractivity contribution is 0.114. The van der Waals surface area contributed by atoms with Crippen molar-refractivity contribution in [2.45, 2.75) is 32.4 Å². The molecule has 0 aliphatic carbocycles. The van der Waals surface area contributed by atoms with Gasteiger partial charge >= 0.3 is 0 Å². The van der Waals surface area contributed by atoms with Gasteiger partial charge in [-0.05, 0) is 38.8 Å². The minimum atomic E-state index is 0.685. The molecule has 1 aromatic rings. The van der Waals surface area contributed by atoms with Gasteiger partial charge in [-0.2, -0.15) is 0 Å². The van der Waals surface area contributed by atoms with E-state index >= 15 is 0 Å². The van der Waals surface area contributed by atoms with Gasteiger partial charge in [0.25, 0.3) is 0 Å². The highest BCUT2D eigenvalue weighted by atomic mass is 16.6. The molecule has 2 unspecified atom stereocenters. The van der Waals surface area contributed by atoms with E-state index in [0.29, 0.717) is 6.04 Å². The van der Waals surface area contributed by atoms with Crippen molar-refractivity contribution >= 4 is 0 Å². The average molecular weight is 222 g/mol. The van der Waals surface area contributed by atoms with Crippen LogP contribution in [0.25, 0.3) is 0 Å². The molecule has 2 aliphatic heterocycles. The third-order valence-corrected chi connectivity index (χ3v) is 3.89. The number of hydrogen-bond donors (Lipinski definition) is 1. The lowest BCUT2D eigenvalue weighted by atomic mass is 9.92. The summed E-state index contributed by atoms with van der Waals surface area (Å²) in [6.45, 7) is 6.32. The molecule has 88 valence electrons. The fourth-order valence-electron chi connectivity index (χ4n) is 2.95. The average Bonchev–Trinajstić information content (AvgIpc) is 2.89. The number of hydrogen-bond acceptors (Lipinski definition) is 5. The van der Waals surface area contributed by atoms with Crippen LogP contribution in [-0.2, 0) is 6.54 Å². The van der Waals surface area contributed by atoms with E-state index in [4.69, 9.17) is 4.63 Å². The first kappa shape index (κ1) is 10.2. The van der Waals surface area contributed by atoms with Gasteiger partial charge in [0.15, 0.2) is 0 Å². The van der Waals surface area contributed by atoms with Gasteiger partial charge in [-0.25, -0.2) is 4.63 Å². The Morgan fingerprint density at radius 2 is 2.38 bits per heavy atom. The van der Waals surface area contributed by atoms with Crippen LogP contribution in [0.1, 0.15) is 24.2 Å². The molecule has 0 spiro atoms. The quantitative estimate of drug-likeness (QED) is 0.792. The first-order chi connectivity index (χ1) is 7.84. The molecular formula is C11H18N4O. The van der Waals surface area contributed by atoms with Crippen LogP contribution in [0.5, 0.6) is 0 Å². The van der Waals surface area contributed by atoms with Crippen LogP contribution in [0.3, 0.4) is 0 Å². The zero-order chi connectivity index (χ0) is 11.0. The molecule has 2 atom stereocenters. The second-order valence-electron chi connectivity index (χ2n) is 4.89. The largest absolute Gasteiger partial charge is 0.315 e. The van der Waals surface area contributed by atoms with E-state index in [-0.39, 0.29) is 0 Å². The number of piperidine rings is 1. The Morgan fingerprint density at radius 1 is 1.44 bits per heavy atom. The van der Waals surface area contributed by atoms with Crippen LogP contribution in [0.4, 0.5) is 0 Å². The predicted molar refractivity (Wildman–Crippen MR) is 58.8 cm³/mol. The van der Waals surface area contributed by atoms with Crippen LogP contribution < -0.4 is 5.32 Å². The van der Waals surface area contributed by atoms with Crippen LogP contribution in [0.2, 0.25) is 0 Å². The van der Waals surface area contributed by atoms with E-state index in [2.05, 4.69) is 20.5 Å². The molecule has 1 N–H and O–H groups in total. The van der Waals surface area contributed by atoms with Crippen molar-refractivity contribution in [3.8, 4) is 0 Å². The van der Waals surface area contributed by atoms with Gasteiger partial charge in [-0.1, -0.05) is 10.3 Å². The number of nitrogens with zero attached hydrogens (tertiary/aromatic N) is 3. The Hall–Kier alpha value is -0.940. The predicted octanol–water partition coefficient (Wildman–Crippen LogP) is 0.562. The van der Waals surface area contributed by atoms with Gasteiger partial charge in [0.1, 0.15) is 11.4 Å². The van der Waals surface area contributed by atoms with Crippen molar-refractivity contribution in [3.05, 3.63) is 11.4 Å². The van der Waals surface area contributed by atoms with Crippen LogP contribution >= 0.6 is 0 Å². The molecule has 5 nitrogen and oxygen atoms in total. The lowest BCUT2D eigenvalue weighted by Crippen LogP contribution is -2.44. The van der Waals surface area contributed by atoms with Crippen molar-refractivity contribution in [2.75, 3.05) is 19.6 Å². The van der Waals surface area contributed by atoms with E-state index in [1.54, 1.807) is 0 Å². The Balaban J connectivity index is 1.72. The summed E-state index contributed by atoms with van der Waals surface area (Å²) in [5.41, 5.74) is 1.92. The lowest BCUT2D eigenvalue weighted by Gasteiger charge is -2.36. The Labute approximate surface area is 95.2 Å². The second-order valence-corrected chi connectivity index (χ2v) is 4.89. The molecule has 0 aromatic carbocycles. The van der Waals surface area contributed by atoms with Gasteiger partial charge in [-0.3, -0.25) is 4.90 Å². The fourth-order valence-corrected chi connectivity index (χ4v) is 2.95. The summed E-state index contributed by atoms with van der Waals surface area (Å²) in [6.07, 6.45) is 2.66. The van der Waals surface area contributed by atoms with E-state index in [1.807, 2.05) is 6.92 Å². The molecule has 0 bridgehead atoms. The fraction of sp³-hybridized carbons (Fsp3) is 0.818. The Morgan fingerprint density at radius 3 is 3.19 bits per heavy atom.